The zero-order chi connectivity index (χ0) is 21.6. The third-order valence-corrected chi connectivity index (χ3v) is 7.68. The Morgan fingerprint density at radius 1 is 1.29 bits per heavy atom. The van der Waals surface area contributed by atoms with Crippen molar-refractivity contribution < 1.29 is 4.79 Å². The number of H-pyrrole nitrogens is 1. The van der Waals surface area contributed by atoms with Crippen LogP contribution >= 0.6 is 23.1 Å². The summed E-state index contributed by atoms with van der Waals surface area (Å²) >= 11 is 3.29. The van der Waals surface area contributed by atoms with Crippen LogP contribution in [0.5, 0.6) is 0 Å². The van der Waals surface area contributed by atoms with E-state index in [1.165, 1.54) is 16.1 Å². The maximum Gasteiger partial charge on any atom is 0.259 e. The van der Waals surface area contributed by atoms with Crippen molar-refractivity contribution in [2.24, 2.45) is 0 Å². The standard InChI is InChI=1S/C23H28N4O2S2/c1-27(16-7-3-2-4-8-16)13-6-12-24-20(28)11-14-30-15-19-25-22(29)21-17-9-5-10-18(17)31-23(21)26-19/h2-4,7-8H,5-6,9-15H2,1H3,(H,24,28)(H,25,26,29). The Balaban J connectivity index is 1.15. The highest BCUT2D eigenvalue weighted by atomic mass is 32.2. The first-order chi connectivity index (χ1) is 15.1. The second kappa shape index (κ2) is 10.3. The number of carbonyl (C=O) groups excluding carboxylic acids is 1. The Labute approximate surface area is 190 Å². The van der Waals surface area contributed by atoms with Crippen molar-refractivity contribution in [3.8, 4) is 0 Å². The number of hydrogen-bond donors (Lipinski definition) is 2. The monoisotopic (exact) mass is 456 g/mol. The molecule has 0 bridgehead atoms. The lowest BCUT2D eigenvalue weighted by molar-refractivity contribution is -0.120. The number of fused-ring (bicyclic) bond motifs is 3. The van der Waals surface area contributed by atoms with Crippen molar-refractivity contribution in [1.29, 1.82) is 0 Å². The summed E-state index contributed by atoms with van der Waals surface area (Å²) in [6, 6.07) is 10.2. The minimum absolute atomic E-state index is 0.0155. The predicted octanol–water partition coefficient (Wildman–Crippen LogP) is 3.74. The molecule has 2 aromatic heterocycles. The first-order valence-corrected chi connectivity index (χ1v) is 12.7. The Kier molecular flexibility index (Phi) is 7.29. The lowest BCUT2D eigenvalue weighted by atomic mass is 10.2. The van der Waals surface area contributed by atoms with E-state index in [0.29, 0.717) is 30.3 Å². The molecule has 0 saturated carbocycles. The quantitative estimate of drug-likeness (QED) is 0.455. The van der Waals surface area contributed by atoms with Gasteiger partial charge in [-0.15, -0.1) is 11.3 Å². The highest BCUT2D eigenvalue weighted by Crippen LogP contribution is 2.34. The van der Waals surface area contributed by atoms with E-state index in [0.717, 1.165) is 42.4 Å². The van der Waals surface area contributed by atoms with Crippen LogP contribution in [0, 0.1) is 0 Å². The lowest BCUT2D eigenvalue weighted by Gasteiger charge is -2.19. The van der Waals surface area contributed by atoms with Gasteiger partial charge in [0, 0.05) is 42.9 Å². The highest BCUT2D eigenvalue weighted by Gasteiger charge is 2.21. The van der Waals surface area contributed by atoms with Crippen molar-refractivity contribution >= 4 is 44.9 Å². The number of aromatic amines is 1. The summed E-state index contributed by atoms with van der Waals surface area (Å²) in [5.41, 5.74) is 2.38. The van der Waals surface area contributed by atoms with Gasteiger partial charge in [-0.05, 0) is 43.4 Å². The molecular weight excluding hydrogens is 428 g/mol. The molecule has 1 aliphatic rings. The molecule has 164 valence electrons. The van der Waals surface area contributed by atoms with Gasteiger partial charge < -0.3 is 15.2 Å². The van der Waals surface area contributed by atoms with Crippen LogP contribution in [-0.4, -0.2) is 41.8 Å². The predicted molar refractivity (Wildman–Crippen MR) is 130 cm³/mol. The van der Waals surface area contributed by atoms with Gasteiger partial charge in [0.15, 0.2) is 0 Å². The zero-order valence-corrected chi connectivity index (χ0v) is 19.4. The minimum Gasteiger partial charge on any atom is -0.375 e. The normalized spacial score (nSPS) is 12.8. The van der Waals surface area contributed by atoms with Gasteiger partial charge in [0.05, 0.1) is 11.1 Å². The van der Waals surface area contributed by atoms with E-state index < -0.39 is 0 Å². The van der Waals surface area contributed by atoms with Crippen LogP contribution in [0.3, 0.4) is 0 Å². The SMILES string of the molecule is CN(CCCNC(=O)CCSCc1nc2sc3c(c2c(=O)[nH]1)CCC3)c1ccccc1. The Morgan fingerprint density at radius 3 is 2.97 bits per heavy atom. The molecule has 0 fully saturated rings. The molecule has 1 aromatic carbocycles. The summed E-state index contributed by atoms with van der Waals surface area (Å²) in [6.07, 6.45) is 4.57. The fourth-order valence-corrected chi connectivity index (χ4v) is 5.98. The van der Waals surface area contributed by atoms with E-state index in [1.54, 1.807) is 23.1 Å². The summed E-state index contributed by atoms with van der Waals surface area (Å²) in [5, 5.41) is 3.79. The number of benzene rings is 1. The van der Waals surface area contributed by atoms with E-state index in [9.17, 15) is 9.59 Å². The molecule has 1 amide bonds. The van der Waals surface area contributed by atoms with Crippen LogP contribution in [0.25, 0.3) is 10.2 Å². The van der Waals surface area contributed by atoms with Crippen LogP contribution in [0.15, 0.2) is 35.1 Å². The first-order valence-electron chi connectivity index (χ1n) is 10.8. The maximum atomic E-state index is 12.5. The van der Waals surface area contributed by atoms with Crippen LogP contribution in [0.1, 0.15) is 35.5 Å². The van der Waals surface area contributed by atoms with Crippen molar-refractivity contribution in [2.75, 3.05) is 30.8 Å². The van der Waals surface area contributed by atoms with E-state index >= 15 is 0 Å². The summed E-state index contributed by atoms with van der Waals surface area (Å²) in [4.78, 5) is 36.5. The van der Waals surface area contributed by atoms with Crippen LogP contribution in [0.4, 0.5) is 5.69 Å². The minimum atomic E-state index is -0.0155. The van der Waals surface area contributed by atoms with Gasteiger partial charge in [-0.1, -0.05) is 18.2 Å². The van der Waals surface area contributed by atoms with Crippen molar-refractivity contribution in [2.45, 2.75) is 37.9 Å². The number of aryl methyl sites for hydroxylation is 2. The highest BCUT2D eigenvalue weighted by molar-refractivity contribution is 7.98. The molecule has 0 radical (unpaired) electrons. The molecule has 4 rings (SSSR count). The number of carbonyl (C=O) groups is 1. The maximum absolute atomic E-state index is 12.5. The molecule has 0 aliphatic heterocycles. The third kappa shape index (κ3) is 5.49. The molecule has 8 heteroatoms. The Morgan fingerprint density at radius 2 is 2.13 bits per heavy atom. The molecule has 3 aromatic rings. The zero-order valence-electron chi connectivity index (χ0n) is 17.8. The van der Waals surface area contributed by atoms with Crippen molar-refractivity contribution in [3.05, 3.63) is 57.0 Å². The van der Waals surface area contributed by atoms with Crippen LogP contribution < -0.4 is 15.8 Å². The number of nitrogens with one attached hydrogen (secondary N) is 2. The first kappa shape index (κ1) is 21.9. The van der Waals surface area contributed by atoms with E-state index in [4.69, 9.17) is 0 Å². The van der Waals surface area contributed by atoms with Crippen LogP contribution in [-0.2, 0) is 23.4 Å². The summed E-state index contributed by atoms with van der Waals surface area (Å²) < 4.78 is 0. The number of anilines is 1. The van der Waals surface area contributed by atoms with Gasteiger partial charge in [0.2, 0.25) is 5.91 Å². The molecule has 6 nitrogen and oxygen atoms in total. The summed E-state index contributed by atoms with van der Waals surface area (Å²) in [7, 11) is 2.06. The number of amides is 1. The van der Waals surface area contributed by atoms with E-state index in [2.05, 4.69) is 39.4 Å². The number of thioether (sulfide) groups is 1. The molecular formula is C23H28N4O2S2. The number of aromatic nitrogens is 2. The van der Waals surface area contributed by atoms with Crippen LogP contribution in [0.2, 0.25) is 0 Å². The van der Waals surface area contributed by atoms with Gasteiger partial charge >= 0.3 is 0 Å². The topological polar surface area (TPSA) is 78.1 Å². The number of nitrogens with zero attached hydrogens (tertiary/aromatic N) is 2. The Bertz CT molecular complexity index is 1090. The third-order valence-electron chi connectivity index (χ3n) is 5.53. The number of rotatable bonds is 10. The molecule has 0 saturated heterocycles. The van der Waals surface area contributed by atoms with Gasteiger partial charge in [0.25, 0.3) is 5.56 Å². The van der Waals surface area contributed by atoms with Gasteiger partial charge in [-0.3, -0.25) is 9.59 Å². The second-order valence-electron chi connectivity index (χ2n) is 7.81. The molecule has 31 heavy (non-hydrogen) atoms. The average Bonchev–Trinajstić information content (AvgIpc) is 3.35. The van der Waals surface area contributed by atoms with Gasteiger partial charge in [-0.2, -0.15) is 11.8 Å². The lowest BCUT2D eigenvalue weighted by Crippen LogP contribution is -2.28. The number of para-hydroxylation sites is 1. The molecule has 2 heterocycles. The number of thiophene rings is 1. The molecule has 0 atom stereocenters. The second-order valence-corrected chi connectivity index (χ2v) is 10.0. The summed E-state index contributed by atoms with van der Waals surface area (Å²) in [6.45, 7) is 1.57. The molecule has 2 N–H and O–H groups in total. The average molecular weight is 457 g/mol. The molecule has 0 unspecified atom stereocenters. The summed E-state index contributed by atoms with van der Waals surface area (Å²) in [5.74, 6) is 2.09. The Hall–Kier alpha value is -2.32. The van der Waals surface area contributed by atoms with E-state index in [-0.39, 0.29) is 11.5 Å². The largest absolute Gasteiger partial charge is 0.375 e. The van der Waals surface area contributed by atoms with Gasteiger partial charge in [-0.25, -0.2) is 4.98 Å². The fraction of sp³-hybridized carbons (Fsp3) is 0.435. The van der Waals surface area contributed by atoms with Crippen molar-refractivity contribution in [3.63, 3.8) is 0 Å². The smallest absolute Gasteiger partial charge is 0.259 e. The van der Waals surface area contributed by atoms with Gasteiger partial charge in [0.1, 0.15) is 10.7 Å². The molecule has 0 spiro atoms. The number of hydrogen-bond acceptors (Lipinski definition) is 6. The van der Waals surface area contributed by atoms with Crippen molar-refractivity contribution in [1.82, 2.24) is 15.3 Å². The fourth-order valence-electron chi connectivity index (χ4n) is 3.89. The molecule has 1 aliphatic carbocycles. The van der Waals surface area contributed by atoms with E-state index in [1.807, 2.05) is 18.2 Å².